The number of aromatic carboxylic acids is 1. The fraction of sp³-hybridized carbons (Fsp3) is 0.0625. The number of rotatable bonds is 7. The van der Waals surface area contributed by atoms with Crippen molar-refractivity contribution >= 4 is 18.9 Å². The molecule has 0 aliphatic carbocycles. The highest BCUT2D eigenvalue weighted by atomic mass is 16.6. The van der Waals surface area contributed by atoms with E-state index in [1.807, 2.05) is 0 Å². The molecule has 0 saturated carbocycles. The first-order valence-corrected chi connectivity index (χ1v) is 6.43. The Balaban J connectivity index is 2.61. The minimum atomic E-state index is -1.16. The maximum absolute atomic E-state index is 11.1. The van der Waals surface area contributed by atoms with Crippen molar-refractivity contribution in [3.63, 3.8) is 0 Å². The minimum Gasteiger partial charge on any atom is -0.478 e. The second-order valence-corrected chi connectivity index (χ2v) is 4.40. The number of benzene rings is 2. The number of para-hydroxylation sites is 1. The third-order valence-corrected chi connectivity index (χ3v) is 3.14. The fourth-order valence-electron chi connectivity index (χ4n) is 2.16. The summed E-state index contributed by atoms with van der Waals surface area (Å²) in [6.07, 6.45) is 0. The van der Waals surface area contributed by atoms with Crippen molar-refractivity contribution in [3.8, 4) is 22.6 Å². The van der Waals surface area contributed by atoms with E-state index in [-0.39, 0.29) is 35.6 Å². The zero-order valence-electron chi connectivity index (χ0n) is 11.8. The summed E-state index contributed by atoms with van der Waals surface area (Å²) in [6.45, 7) is -0.0810. The van der Waals surface area contributed by atoms with E-state index in [1.54, 1.807) is 12.1 Å². The SMILES string of the molecule is O=COc1cccc(-c2ccc(C(=O)O)c(CO)c2)c1OC=O. The highest BCUT2D eigenvalue weighted by Crippen LogP contribution is 2.38. The molecule has 0 atom stereocenters. The number of ether oxygens (including phenoxy) is 2. The van der Waals surface area contributed by atoms with E-state index >= 15 is 0 Å². The van der Waals surface area contributed by atoms with Crippen LogP contribution >= 0.6 is 0 Å². The van der Waals surface area contributed by atoms with E-state index in [9.17, 15) is 19.5 Å². The molecule has 2 aromatic rings. The summed E-state index contributed by atoms with van der Waals surface area (Å²) in [4.78, 5) is 32.3. The van der Waals surface area contributed by atoms with Crippen molar-refractivity contribution in [2.45, 2.75) is 6.61 Å². The van der Waals surface area contributed by atoms with Gasteiger partial charge in [-0.25, -0.2) is 4.79 Å². The van der Waals surface area contributed by atoms with Crippen molar-refractivity contribution < 1.29 is 34.1 Å². The van der Waals surface area contributed by atoms with Crippen molar-refractivity contribution in [3.05, 3.63) is 47.5 Å². The van der Waals surface area contributed by atoms with Crippen LogP contribution in [0.2, 0.25) is 0 Å². The third-order valence-electron chi connectivity index (χ3n) is 3.14. The van der Waals surface area contributed by atoms with E-state index < -0.39 is 12.6 Å². The maximum atomic E-state index is 11.1. The topological polar surface area (TPSA) is 110 Å². The maximum Gasteiger partial charge on any atom is 0.336 e. The molecule has 118 valence electrons. The summed E-state index contributed by atoms with van der Waals surface area (Å²) in [5.74, 6) is -1.11. The van der Waals surface area contributed by atoms with Gasteiger partial charge in [0.2, 0.25) is 0 Å². The Morgan fingerprint density at radius 2 is 1.83 bits per heavy atom. The molecular weight excluding hydrogens is 304 g/mol. The predicted octanol–water partition coefficient (Wildman–Crippen LogP) is 1.61. The Labute approximate surface area is 130 Å². The number of aliphatic hydroxyl groups excluding tert-OH is 1. The number of carbonyl (C=O) groups is 3. The highest BCUT2D eigenvalue weighted by Gasteiger charge is 2.16. The molecule has 2 rings (SSSR count). The molecule has 0 bridgehead atoms. The van der Waals surface area contributed by atoms with Gasteiger partial charge in [0.25, 0.3) is 12.9 Å². The molecule has 23 heavy (non-hydrogen) atoms. The van der Waals surface area contributed by atoms with Gasteiger partial charge in [-0.2, -0.15) is 0 Å². The van der Waals surface area contributed by atoms with E-state index in [2.05, 4.69) is 0 Å². The standard InChI is InChI=1S/C16H12O7/c17-7-11-6-10(4-5-13(11)16(20)21)12-2-1-3-14(22-8-18)15(12)23-9-19/h1-6,8-9,17H,7H2,(H,20,21). The molecule has 0 aromatic heterocycles. The Hall–Kier alpha value is -3.19. The van der Waals surface area contributed by atoms with Crippen LogP contribution in [0, 0.1) is 0 Å². The molecular formula is C16H12O7. The van der Waals surface area contributed by atoms with Crippen LogP contribution in [-0.2, 0) is 16.2 Å². The number of carboxylic acids is 1. The summed E-state index contributed by atoms with van der Waals surface area (Å²) in [5, 5.41) is 18.4. The zero-order chi connectivity index (χ0) is 16.8. The van der Waals surface area contributed by atoms with Gasteiger partial charge in [0.15, 0.2) is 11.5 Å². The highest BCUT2D eigenvalue weighted by molar-refractivity contribution is 5.90. The quantitative estimate of drug-likeness (QED) is 0.747. The van der Waals surface area contributed by atoms with Crippen LogP contribution in [0.1, 0.15) is 15.9 Å². The summed E-state index contributed by atoms with van der Waals surface area (Å²) in [5.41, 5.74) is 1.07. The fourth-order valence-corrected chi connectivity index (χ4v) is 2.16. The molecule has 0 fully saturated rings. The lowest BCUT2D eigenvalue weighted by Gasteiger charge is -2.12. The van der Waals surface area contributed by atoms with Gasteiger partial charge < -0.3 is 19.7 Å². The molecule has 0 unspecified atom stereocenters. The molecule has 7 heteroatoms. The third kappa shape index (κ3) is 3.35. The molecule has 0 aliphatic heterocycles. The summed E-state index contributed by atoms with van der Waals surface area (Å²) >= 11 is 0. The Morgan fingerprint density at radius 3 is 2.43 bits per heavy atom. The minimum absolute atomic E-state index is 0.0153. The van der Waals surface area contributed by atoms with Gasteiger partial charge in [-0.05, 0) is 29.3 Å². The summed E-state index contributed by atoms with van der Waals surface area (Å²) < 4.78 is 9.65. The first-order valence-electron chi connectivity index (χ1n) is 6.43. The first-order chi connectivity index (χ1) is 11.1. The van der Waals surface area contributed by atoms with E-state index in [0.29, 0.717) is 11.1 Å². The van der Waals surface area contributed by atoms with Crippen LogP contribution in [-0.4, -0.2) is 29.1 Å². The van der Waals surface area contributed by atoms with Crippen molar-refractivity contribution in [2.75, 3.05) is 0 Å². The molecule has 0 amide bonds. The molecule has 2 aromatic carbocycles. The summed E-state index contributed by atoms with van der Waals surface area (Å²) in [7, 11) is 0. The summed E-state index contributed by atoms with van der Waals surface area (Å²) in [6, 6.07) is 8.92. The number of hydrogen-bond acceptors (Lipinski definition) is 6. The molecule has 0 spiro atoms. The van der Waals surface area contributed by atoms with Crippen molar-refractivity contribution in [2.24, 2.45) is 0 Å². The largest absolute Gasteiger partial charge is 0.478 e. The van der Waals surface area contributed by atoms with E-state index in [0.717, 1.165) is 0 Å². The molecule has 0 aliphatic rings. The van der Waals surface area contributed by atoms with E-state index in [1.165, 1.54) is 24.3 Å². The van der Waals surface area contributed by atoms with Gasteiger partial charge in [0.05, 0.1) is 12.2 Å². The van der Waals surface area contributed by atoms with Crippen molar-refractivity contribution in [1.82, 2.24) is 0 Å². The number of carboxylic acid groups (broad SMARTS) is 1. The van der Waals surface area contributed by atoms with Gasteiger partial charge in [-0.15, -0.1) is 0 Å². The first kappa shape index (κ1) is 16.2. The normalized spacial score (nSPS) is 9.96. The van der Waals surface area contributed by atoms with Crippen LogP contribution in [0.25, 0.3) is 11.1 Å². The molecule has 0 heterocycles. The predicted molar refractivity (Wildman–Crippen MR) is 78.1 cm³/mol. The average Bonchev–Trinajstić information content (AvgIpc) is 2.56. The number of aliphatic hydroxyl groups is 1. The zero-order valence-corrected chi connectivity index (χ0v) is 11.8. The smallest absolute Gasteiger partial charge is 0.336 e. The van der Waals surface area contributed by atoms with Crippen LogP contribution < -0.4 is 9.47 Å². The molecule has 7 nitrogen and oxygen atoms in total. The van der Waals surface area contributed by atoms with Crippen LogP contribution in [0.15, 0.2) is 36.4 Å². The van der Waals surface area contributed by atoms with Gasteiger partial charge in [-0.1, -0.05) is 18.2 Å². The lowest BCUT2D eigenvalue weighted by Crippen LogP contribution is -2.03. The Bertz CT molecular complexity index is 752. The lowest BCUT2D eigenvalue weighted by molar-refractivity contribution is -0.123. The van der Waals surface area contributed by atoms with Crippen molar-refractivity contribution in [1.29, 1.82) is 0 Å². The van der Waals surface area contributed by atoms with Crippen LogP contribution in [0.3, 0.4) is 0 Å². The van der Waals surface area contributed by atoms with Crippen LogP contribution in [0.5, 0.6) is 11.5 Å². The number of carbonyl (C=O) groups excluding carboxylic acids is 2. The van der Waals surface area contributed by atoms with Crippen LogP contribution in [0.4, 0.5) is 0 Å². The number of hydrogen-bond donors (Lipinski definition) is 2. The second kappa shape index (κ2) is 7.19. The van der Waals surface area contributed by atoms with Gasteiger partial charge >= 0.3 is 5.97 Å². The monoisotopic (exact) mass is 316 g/mol. The van der Waals surface area contributed by atoms with Gasteiger partial charge in [0, 0.05) is 5.56 Å². The molecule has 0 radical (unpaired) electrons. The molecule has 2 N–H and O–H groups in total. The Kier molecular flexibility index (Phi) is 5.06. The van der Waals surface area contributed by atoms with Gasteiger partial charge in [0.1, 0.15) is 0 Å². The molecule has 0 saturated heterocycles. The second-order valence-electron chi connectivity index (χ2n) is 4.40. The van der Waals surface area contributed by atoms with Gasteiger partial charge in [-0.3, -0.25) is 9.59 Å². The lowest BCUT2D eigenvalue weighted by atomic mass is 9.98. The van der Waals surface area contributed by atoms with E-state index in [4.69, 9.17) is 14.6 Å². The Morgan fingerprint density at radius 1 is 1.09 bits per heavy atom. The average molecular weight is 316 g/mol.